The Morgan fingerprint density at radius 3 is 1.39 bits per heavy atom. The second-order valence-electron chi connectivity index (χ2n) is 17.5. The Hall–Kier alpha value is -2.29. The summed E-state index contributed by atoms with van der Waals surface area (Å²) in [4.78, 5) is 35.5. The summed E-state index contributed by atoms with van der Waals surface area (Å²) in [5, 5.41) is 0. The number of allylic oxidation sites excluding steroid dienone is 10. The van der Waals surface area contributed by atoms with E-state index in [9.17, 15) is 19.0 Å². The summed E-state index contributed by atoms with van der Waals surface area (Å²) < 4.78 is 34.4. The number of likely N-dealkylation sites (N-methyl/N-ethyl adjacent to an activating group) is 1. The van der Waals surface area contributed by atoms with Gasteiger partial charge in [-0.3, -0.25) is 18.6 Å². The molecule has 0 saturated carbocycles. The average molecular weight is 879 g/mol. The summed E-state index contributed by atoms with van der Waals surface area (Å²) in [6.07, 6.45) is 52.7. The third kappa shape index (κ3) is 47.0. The largest absolute Gasteiger partial charge is 0.472 e. The lowest BCUT2D eigenvalue weighted by atomic mass is 10.0. The van der Waals surface area contributed by atoms with Gasteiger partial charge in [0.05, 0.1) is 27.7 Å². The lowest BCUT2D eigenvalue weighted by molar-refractivity contribution is -0.870. The van der Waals surface area contributed by atoms with Gasteiger partial charge in [0.2, 0.25) is 0 Å². The topological polar surface area (TPSA) is 108 Å². The Kier molecular flexibility index (Phi) is 41.4. The van der Waals surface area contributed by atoms with Crippen LogP contribution in [0.3, 0.4) is 0 Å². The summed E-state index contributed by atoms with van der Waals surface area (Å²) in [5.74, 6) is -0.833. The molecule has 0 heterocycles. The first-order valence-corrected chi connectivity index (χ1v) is 26.0. The van der Waals surface area contributed by atoms with Crippen molar-refractivity contribution in [2.24, 2.45) is 0 Å². The van der Waals surface area contributed by atoms with Crippen molar-refractivity contribution in [2.75, 3.05) is 47.5 Å². The molecule has 0 aliphatic heterocycles. The van der Waals surface area contributed by atoms with E-state index in [4.69, 9.17) is 18.5 Å². The van der Waals surface area contributed by atoms with Crippen molar-refractivity contribution in [3.63, 3.8) is 0 Å². The normalized spacial score (nSPS) is 14.0. The number of phosphoric ester groups is 1. The summed E-state index contributed by atoms with van der Waals surface area (Å²) in [6.45, 7) is 4.29. The summed E-state index contributed by atoms with van der Waals surface area (Å²) >= 11 is 0. The first kappa shape index (κ1) is 58.7. The lowest BCUT2D eigenvalue weighted by Gasteiger charge is -2.24. The molecule has 0 aliphatic carbocycles. The Balaban J connectivity index is 4.34. The molecule has 0 aromatic heterocycles. The summed E-state index contributed by atoms with van der Waals surface area (Å²) in [5.41, 5.74) is 0. The van der Waals surface area contributed by atoms with E-state index >= 15 is 0 Å². The van der Waals surface area contributed by atoms with Crippen LogP contribution in [0.2, 0.25) is 0 Å². The van der Waals surface area contributed by atoms with E-state index in [0.717, 1.165) is 64.2 Å². The van der Waals surface area contributed by atoms with Crippen LogP contribution in [-0.4, -0.2) is 74.9 Å². The van der Waals surface area contributed by atoms with Gasteiger partial charge < -0.3 is 18.9 Å². The number of phosphoric acid groups is 1. The fraction of sp³-hybridized carbons (Fsp3) is 0.765. The Morgan fingerprint density at radius 1 is 0.525 bits per heavy atom. The van der Waals surface area contributed by atoms with E-state index in [1.807, 2.05) is 21.1 Å². The van der Waals surface area contributed by atoms with Gasteiger partial charge in [-0.25, -0.2) is 4.57 Å². The molecule has 0 aromatic carbocycles. The number of nitrogens with zero attached hydrogens (tertiary/aromatic N) is 1. The standard InChI is InChI=1S/C51H92NO8P/c1-6-8-10-12-14-16-18-20-22-24-26-28-29-31-33-35-37-39-41-43-50(53)57-47-49(48-59-61(55,56)58-46-45-52(3,4)5)60-51(54)44-42-40-38-36-34-32-30-27-25-23-21-19-17-15-13-11-9-7-2/h8,10,14,16,20,22,26,28,31,33,49H,6-7,9,11-13,15,17-19,21,23-25,27,29-30,32,34-48H2,1-5H3/p+1/b10-8+,16-14+,22-20+,28-26+,33-31+/t49-/m1/s1. The van der Waals surface area contributed by atoms with Crippen LogP contribution in [0.5, 0.6) is 0 Å². The maximum absolute atomic E-state index is 12.7. The highest BCUT2D eigenvalue weighted by molar-refractivity contribution is 7.47. The molecule has 1 N–H and O–H groups in total. The fourth-order valence-electron chi connectivity index (χ4n) is 6.51. The van der Waals surface area contributed by atoms with E-state index in [-0.39, 0.29) is 26.1 Å². The molecule has 0 saturated heterocycles. The molecule has 2 atom stereocenters. The molecule has 0 aromatic rings. The third-order valence-corrected chi connectivity index (χ3v) is 11.3. The molecular weight excluding hydrogens is 786 g/mol. The Bertz CT molecular complexity index is 1220. The van der Waals surface area contributed by atoms with Gasteiger partial charge in [-0.2, -0.15) is 0 Å². The highest BCUT2D eigenvalue weighted by Crippen LogP contribution is 2.43. The number of esters is 2. The van der Waals surface area contributed by atoms with Crippen LogP contribution in [-0.2, 0) is 32.7 Å². The molecule has 0 bridgehead atoms. The predicted molar refractivity (Wildman–Crippen MR) is 256 cm³/mol. The number of ether oxygens (including phenoxy) is 2. The van der Waals surface area contributed by atoms with E-state index in [2.05, 4.69) is 74.6 Å². The fourth-order valence-corrected chi connectivity index (χ4v) is 7.25. The molecule has 1 unspecified atom stereocenters. The van der Waals surface area contributed by atoms with Crippen LogP contribution in [0.15, 0.2) is 60.8 Å². The van der Waals surface area contributed by atoms with Gasteiger partial charge in [0.1, 0.15) is 19.8 Å². The van der Waals surface area contributed by atoms with Gasteiger partial charge in [-0.15, -0.1) is 0 Å². The van der Waals surface area contributed by atoms with Crippen LogP contribution in [0.25, 0.3) is 0 Å². The van der Waals surface area contributed by atoms with E-state index in [0.29, 0.717) is 23.9 Å². The van der Waals surface area contributed by atoms with Crippen LogP contribution in [0, 0.1) is 0 Å². The van der Waals surface area contributed by atoms with Crippen molar-refractivity contribution >= 4 is 19.8 Å². The van der Waals surface area contributed by atoms with Crippen molar-refractivity contribution in [3.05, 3.63) is 60.8 Å². The quantitative estimate of drug-likeness (QED) is 0.0212. The smallest absolute Gasteiger partial charge is 0.462 e. The third-order valence-electron chi connectivity index (χ3n) is 10.3. The number of rotatable bonds is 44. The molecule has 0 spiro atoms. The SMILES string of the molecule is CC/C=C/C/C=C/C/C=C/C/C=C/C/C=C/CCCCCC(=O)OC[C@H](COP(=O)(O)OCC[N+](C)(C)C)OC(=O)CCCCCCCCCCCCCCCCCCCC. The van der Waals surface area contributed by atoms with Crippen LogP contribution in [0.4, 0.5) is 0 Å². The number of hydrogen-bond acceptors (Lipinski definition) is 7. The predicted octanol–water partition coefficient (Wildman–Crippen LogP) is 14.4. The molecule has 0 fully saturated rings. The Morgan fingerprint density at radius 2 is 0.934 bits per heavy atom. The van der Waals surface area contributed by atoms with Gasteiger partial charge in [0, 0.05) is 12.8 Å². The van der Waals surface area contributed by atoms with Crippen molar-refractivity contribution in [2.45, 2.75) is 206 Å². The highest BCUT2D eigenvalue weighted by Gasteiger charge is 2.27. The zero-order chi connectivity index (χ0) is 45.0. The van der Waals surface area contributed by atoms with E-state index in [1.165, 1.54) is 96.3 Å². The number of carbonyl (C=O) groups excluding carboxylic acids is 2. The molecule has 10 heteroatoms. The first-order valence-electron chi connectivity index (χ1n) is 24.5. The average Bonchev–Trinajstić information content (AvgIpc) is 3.21. The maximum atomic E-state index is 12.7. The van der Waals surface area contributed by atoms with Crippen molar-refractivity contribution in [1.82, 2.24) is 0 Å². The molecule has 9 nitrogen and oxygen atoms in total. The molecule has 0 rings (SSSR count). The molecular formula is C51H93NO8P+. The Labute approximate surface area is 375 Å². The molecule has 0 aliphatic rings. The minimum atomic E-state index is -4.39. The van der Waals surface area contributed by atoms with Crippen LogP contribution < -0.4 is 0 Å². The van der Waals surface area contributed by atoms with Crippen molar-refractivity contribution in [1.29, 1.82) is 0 Å². The minimum absolute atomic E-state index is 0.0250. The number of unbranched alkanes of at least 4 members (excludes halogenated alkanes) is 20. The summed E-state index contributed by atoms with van der Waals surface area (Å²) in [7, 11) is 1.46. The van der Waals surface area contributed by atoms with Crippen LogP contribution in [0.1, 0.15) is 200 Å². The van der Waals surface area contributed by atoms with Gasteiger partial charge in [-0.05, 0) is 57.8 Å². The molecule has 354 valence electrons. The first-order chi connectivity index (χ1) is 29.5. The van der Waals surface area contributed by atoms with Gasteiger partial charge >= 0.3 is 19.8 Å². The zero-order valence-electron chi connectivity index (χ0n) is 39.9. The van der Waals surface area contributed by atoms with Crippen LogP contribution >= 0.6 is 7.82 Å². The van der Waals surface area contributed by atoms with Crippen molar-refractivity contribution < 1.29 is 42.1 Å². The van der Waals surface area contributed by atoms with Crippen molar-refractivity contribution in [3.8, 4) is 0 Å². The van der Waals surface area contributed by atoms with E-state index < -0.39 is 32.5 Å². The second kappa shape index (κ2) is 43.0. The summed E-state index contributed by atoms with van der Waals surface area (Å²) in [6, 6.07) is 0. The monoisotopic (exact) mass is 879 g/mol. The highest BCUT2D eigenvalue weighted by atomic mass is 31.2. The number of carbonyl (C=O) groups is 2. The number of quaternary nitrogens is 1. The van der Waals surface area contributed by atoms with E-state index in [1.54, 1.807) is 0 Å². The molecule has 61 heavy (non-hydrogen) atoms. The minimum Gasteiger partial charge on any atom is -0.462 e. The number of hydrogen-bond donors (Lipinski definition) is 1. The van der Waals surface area contributed by atoms with Gasteiger partial charge in [0.15, 0.2) is 6.10 Å². The van der Waals surface area contributed by atoms with Gasteiger partial charge in [-0.1, -0.05) is 190 Å². The molecule has 0 radical (unpaired) electrons. The molecule has 0 amide bonds. The zero-order valence-corrected chi connectivity index (χ0v) is 40.8. The maximum Gasteiger partial charge on any atom is 0.472 e. The lowest BCUT2D eigenvalue weighted by Crippen LogP contribution is -2.37. The second-order valence-corrected chi connectivity index (χ2v) is 18.9. The van der Waals surface area contributed by atoms with Gasteiger partial charge in [0.25, 0.3) is 0 Å².